The van der Waals surface area contributed by atoms with E-state index < -0.39 is 0 Å². The lowest BCUT2D eigenvalue weighted by molar-refractivity contribution is -0.165. The molecule has 0 bridgehead atoms. The zero-order chi connectivity index (χ0) is 25.2. The predicted octanol–water partition coefficient (Wildman–Crippen LogP) is 8.45. The molecular formula is C32H52O3. The van der Waals surface area contributed by atoms with Crippen LogP contribution in [0.25, 0.3) is 0 Å². The van der Waals surface area contributed by atoms with Gasteiger partial charge < -0.3 is 4.74 Å². The lowest BCUT2D eigenvalue weighted by Crippen LogP contribution is -2.57. The first kappa shape index (κ1) is 26.9. The molecular weight excluding hydrogens is 432 g/mol. The molecule has 0 aromatic heterocycles. The zero-order valence-electron chi connectivity index (χ0n) is 23.4. The van der Waals surface area contributed by atoms with Gasteiger partial charge in [-0.3, -0.25) is 9.59 Å². The summed E-state index contributed by atoms with van der Waals surface area (Å²) in [6.07, 6.45) is 18.9. The average molecular weight is 485 g/mol. The fourth-order valence-corrected chi connectivity index (χ4v) is 9.34. The quantitative estimate of drug-likeness (QED) is 0.231. The second kappa shape index (κ2) is 11.1. The van der Waals surface area contributed by atoms with E-state index in [-0.39, 0.29) is 22.9 Å². The number of carbonyl (C=O) groups is 2. The summed E-state index contributed by atoms with van der Waals surface area (Å²) in [7, 11) is 0. The molecule has 3 fully saturated rings. The maximum absolute atomic E-state index is 12.8. The second-order valence-corrected chi connectivity index (χ2v) is 13.4. The minimum atomic E-state index is 0.0392. The molecule has 3 heteroatoms. The first-order chi connectivity index (χ1) is 16.7. The van der Waals surface area contributed by atoms with Crippen LogP contribution < -0.4 is 0 Å². The van der Waals surface area contributed by atoms with Gasteiger partial charge in [-0.1, -0.05) is 85.1 Å². The van der Waals surface area contributed by atoms with Crippen LogP contribution in [-0.4, -0.2) is 17.9 Å². The standard InChI is InChI=1S/C32H52O3/c1-6-7-8-9-10-11-12-13-14-28(34)35-27-16-15-26-29-22(2)19-24-20-25(33)17-18-31(24,4)30(29)23(3)21-32(26,27)5/h20,22-23,26-27,29-30H,6-19,21H2,1-5H3. The van der Waals surface area contributed by atoms with Gasteiger partial charge in [-0.15, -0.1) is 0 Å². The molecule has 0 heterocycles. The van der Waals surface area contributed by atoms with Crippen LogP contribution in [0.15, 0.2) is 11.6 Å². The highest BCUT2D eigenvalue weighted by atomic mass is 16.5. The van der Waals surface area contributed by atoms with Crippen molar-refractivity contribution in [3.63, 3.8) is 0 Å². The molecule has 3 nitrogen and oxygen atoms in total. The molecule has 0 spiro atoms. The Labute approximate surface area is 215 Å². The number of fused-ring (bicyclic) bond motifs is 5. The van der Waals surface area contributed by atoms with Crippen LogP contribution in [-0.2, 0) is 14.3 Å². The Hall–Kier alpha value is -1.12. The van der Waals surface area contributed by atoms with Gasteiger partial charge in [0.2, 0.25) is 0 Å². The minimum absolute atomic E-state index is 0.0392. The van der Waals surface area contributed by atoms with Crippen LogP contribution in [0.2, 0.25) is 0 Å². The van der Waals surface area contributed by atoms with Crippen LogP contribution in [0.5, 0.6) is 0 Å². The SMILES string of the molecule is CCCCCCCCCCC(=O)OC1CCC2C3C(C)CC4=CC(=O)CCC4(C)C3C(C)CC12C. The van der Waals surface area contributed by atoms with Crippen LogP contribution in [0.3, 0.4) is 0 Å². The summed E-state index contributed by atoms with van der Waals surface area (Å²) < 4.78 is 6.26. The van der Waals surface area contributed by atoms with Gasteiger partial charge in [0.1, 0.15) is 6.10 Å². The van der Waals surface area contributed by atoms with E-state index in [1.54, 1.807) is 0 Å². The number of hydrogen-bond donors (Lipinski definition) is 0. The minimum Gasteiger partial charge on any atom is -0.462 e. The summed E-state index contributed by atoms with van der Waals surface area (Å²) in [5.41, 5.74) is 1.72. The number of hydrogen-bond acceptors (Lipinski definition) is 3. The zero-order valence-corrected chi connectivity index (χ0v) is 23.4. The molecule has 0 saturated heterocycles. The summed E-state index contributed by atoms with van der Waals surface area (Å²) in [6.45, 7) is 12.0. The van der Waals surface area contributed by atoms with Crippen LogP contribution >= 0.6 is 0 Å². The summed E-state index contributed by atoms with van der Waals surface area (Å²) in [4.78, 5) is 25.1. The first-order valence-corrected chi connectivity index (χ1v) is 15.1. The molecule has 0 amide bonds. The Balaban J connectivity index is 1.35. The van der Waals surface area contributed by atoms with Crippen molar-refractivity contribution in [2.75, 3.05) is 0 Å². The predicted molar refractivity (Wildman–Crippen MR) is 143 cm³/mol. The Kier molecular flexibility index (Phi) is 8.54. The number of ether oxygens (including phenoxy) is 1. The van der Waals surface area contributed by atoms with Crippen molar-refractivity contribution in [3.8, 4) is 0 Å². The first-order valence-electron chi connectivity index (χ1n) is 15.1. The van der Waals surface area contributed by atoms with Gasteiger partial charge in [0.15, 0.2) is 5.78 Å². The number of rotatable bonds is 10. The van der Waals surface area contributed by atoms with E-state index in [0.29, 0.717) is 48.2 Å². The fourth-order valence-electron chi connectivity index (χ4n) is 9.34. The van der Waals surface area contributed by atoms with E-state index in [2.05, 4.69) is 34.6 Å². The van der Waals surface area contributed by atoms with Gasteiger partial charge >= 0.3 is 5.97 Å². The lowest BCUT2D eigenvalue weighted by atomic mass is 9.43. The topological polar surface area (TPSA) is 43.4 Å². The van der Waals surface area contributed by atoms with Crippen molar-refractivity contribution in [2.45, 2.75) is 137 Å². The van der Waals surface area contributed by atoms with Gasteiger partial charge in [-0.2, -0.15) is 0 Å². The highest BCUT2D eigenvalue weighted by Crippen LogP contribution is 2.68. The van der Waals surface area contributed by atoms with Gasteiger partial charge in [-0.05, 0) is 79.6 Å². The van der Waals surface area contributed by atoms with Gasteiger partial charge in [0.25, 0.3) is 0 Å². The van der Waals surface area contributed by atoms with Crippen molar-refractivity contribution in [1.82, 2.24) is 0 Å². The van der Waals surface area contributed by atoms with Crippen LogP contribution in [0, 0.1) is 40.4 Å². The molecule has 0 radical (unpaired) electrons. The number of allylic oxidation sites excluding steroid dienone is 1. The largest absolute Gasteiger partial charge is 0.462 e. The van der Waals surface area contributed by atoms with Crippen molar-refractivity contribution < 1.29 is 14.3 Å². The molecule has 35 heavy (non-hydrogen) atoms. The molecule has 4 aliphatic carbocycles. The monoisotopic (exact) mass is 484 g/mol. The molecule has 0 N–H and O–H groups in total. The molecule has 198 valence electrons. The highest BCUT2D eigenvalue weighted by molar-refractivity contribution is 5.91. The molecule has 0 aromatic carbocycles. The van der Waals surface area contributed by atoms with E-state index in [1.165, 1.54) is 50.5 Å². The third kappa shape index (κ3) is 5.30. The molecule has 8 atom stereocenters. The number of ketones is 1. The second-order valence-electron chi connectivity index (χ2n) is 13.4. The maximum atomic E-state index is 12.8. The van der Waals surface area contributed by atoms with Gasteiger partial charge in [0, 0.05) is 18.3 Å². The number of carbonyl (C=O) groups excluding carboxylic acids is 2. The maximum Gasteiger partial charge on any atom is 0.306 e. The van der Waals surface area contributed by atoms with E-state index in [9.17, 15) is 9.59 Å². The summed E-state index contributed by atoms with van der Waals surface area (Å²) >= 11 is 0. The molecule has 0 aliphatic heterocycles. The van der Waals surface area contributed by atoms with E-state index in [0.717, 1.165) is 38.5 Å². The summed E-state index contributed by atoms with van der Waals surface area (Å²) in [5, 5.41) is 0. The highest BCUT2D eigenvalue weighted by Gasteiger charge is 2.63. The lowest BCUT2D eigenvalue weighted by Gasteiger charge is -2.62. The third-order valence-electron chi connectivity index (χ3n) is 11.0. The van der Waals surface area contributed by atoms with Crippen LogP contribution in [0.4, 0.5) is 0 Å². The third-order valence-corrected chi connectivity index (χ3v) is 11.0. The molecule has 8 unspecified atom stereocenters. The van der Waals surface area contributed by atoms with Crippen LogP contribution in [0.1, 0.15) is 131 Å². The number of esters is 1. The van der Waals surface area contributed by atoms with E-state index in [1.807, 2.05) is 6.08 Å². The molecule has 0 aromatic rings. The fraction of sp³-hybridized carbons (Fsp3) is 0.875. The smallest absolute Gasteiger partial charge is 0.306 e. The van der Waals surface area contributed by atoms with Crippen molar-refractivity contribution >= 4 is 11.8 Å². The Morgan fingerprint density at radius 1 is 1.00 bits per heavy atom. The van der Waals surface area contributed by atoms with E-state index >= 15 is 0 Å². The summed E-state index contributed by atoms with van der Waals surface area (Å²) in [5.74, 6) is 3.53. The number of unbranched alkanes of at least 4 members (excludes halogenated alkanes) is 7. The summed E-state index contributed by atoms with van der Waals surface area (Å²) in [6, 6.07) is 0. The van der Waals surface area contributed by atoms with E-state index in [4.69, 9.17) is 4.74 Å². The van der Waals surface area contributed by atoms with Gasteiger partial charge in [-0.25, -0.2) is 0 Å². The molecule has 4 aliphatic rings. The molecule has 4 rings (SSSR count). The normalized spacial score (nSPS) is 40.5. The Morgan fingerprint density at radius 2 is 1.69 bits per heavy atom. The van der Waals surface area contributed by atoms with Crippen molar-refractivity contribution in [2.24, 2.45) is 40.4 Å². The average Bonchev–Trinajstić information content (AvgIpc) is 3.12. The Morgan fingerprint density at radius 3 is 2.40 bits per heavy atom. The van der Waals surface area contributed by atoms with Crippen molar-refractivity contribution in [1.29, 1.82) is 0 Å². The Bertz CT molecular complexity index is 799. The van der Waals surface area contributed by atoms with Gasteiger partial charge in [0.05, 0.1) is 0 Å². The molecule has 3 saturated carbocycles. The van der Waals surface area contributed by atoms with Crippen molar-refractivity contribution in [3.05, 3.63) is 11.6 Å².